The van der Waals surface area contributed by atoms with E-state index < -0.39 is 0 Å². The van der Waals surface area contributed by atoms with Crippen LogP contribution in [0.1, 0.15) is 34.0 Å². The summed E-state index contributed by atoms with van der Waals surface area (Å²) in [6.45, 7) is 4.43. The minimum absolute atomic E-state index is 0.0435. The molecule has 0 aromatic carbocycles. The predicted molar refractivity (Wildman–Crippen MR) is 65.5 cm³/mol. The molecule has 96 valence electrons. The van der Waals surface area contributed by atoms with E-state index in [0.717, 1.165) is 30.5 Å². The van der Waals surface area contributed by atoms with Gasteiger partial charge in [-0.25, -0.2) is 9.97 Å². The van der Waals surface area contributed by atoms with Crippen molar-refractivity contribution in [3.63, 3.8) is 0 Å². The van der Waals surface area contributed by atoms with Gasteiger partial charge in [0.05, 0.1) is 13.2 Å². The smallest absolute Gasteiger partial charge is 0.273 e. The molecule has 1 aromatic rings. The molecule has 0 bridgehead atoms. The van der Waals surface area contributed by atoms with Crippen LogP contribution in [0.25, 0.3) is 0 Å². The third kappa shape index (κ3) is 1.99. The van der Waals surface area contributed by atoms with Crippen LogP contribution >= 0.6 is 0 Å². The van der Waals surface area contributed by atoms with Gasteiger partial charge >= 0.3 is 0 Å². The molecule has 1 amide bonds. The number of amides is 1. The number of fused-ring (bicyclic) bond motifs is 1. The maximum Gasteiger partial charge on any atom is 0.273 e. The Hall–Kier alpha value is -1.49. The zero-order chi connectivity index (χ0) is 12.5. The second-order valence-electron chi connectivity index (χ2n) is 4.80. The quantitative estimate of drug-likeness (QED) is 0.734. The number of ether oxygens (including phenoxy) is 1. The van der Waals surface area contributed by atoms with E-state index in [0.29, 0.717) is 37.8 Å². The normalized spacial score (nSPS) is 18.8. The SMILES string of the molecule is Cc1nc2c(c(C(=O)N3CCOCC3)n1)CCC2. The number of aromatic nitrogens is 2. The Morgan fingerprint density at radius 2 is 2.00 bits per heavy atom. The number of carbonyl (C=O) groups excluding carboxylic acids is 1. The van der Waals surface area contributed by atoms with Crippen molar-refractivity contribution in [3.8, 4) is 0 Å². The van der Waals surface area contributed by atoms with E-state index in [1.54, 1.807) is 0 Å². The lowest BCUT2D eigenvalue weighted by atomic mass is 10.1. The first-order valence-corrected chi connectivity index (χ1v) is 6.49. The van der Waals surface area contributed by atoms with Crippen LogP contribution in [0.5, 0.6) is 0 Å². The highest BCUT2D eigenvalue weighted by molar-refractivity contribution is 5.94. The molecule has 2 heterocycles. The summed E-state index contributed by atoms with van der Waals surface area (Å²) in [6.07, 6.45) is 2.99. The second-order valence-corrected chi connectivity index (χ2v) is 4.80. The van der Waals surface area contributed by atoms with Gasteiger partial charge in [-0.15, -0.1) is 0 Å². The maximum atomic E-state index is 12.5. The van der Waals surface area contributed by atoms with Crippen LogP contribution in [0.3, 0.4) is 0 Å². The first kappa shape index (κ1) is 11.6. The summed E-state index contributed by atoms with van der Waals surface area (Å²) in [6, 6.07) is 0. The molecule has 0 saturated carbocycles. The summed E-state index contributed by atoms with van der Waals surface area (Å²) in [5.74, 6) is 0.745. The zero-order valence-corrected chi connectivity index (χ0v) is 10.6. The third-order valence-electron chi connectivity index (χ3n) is 3.55. The molecule has 5 nitrogen and oxygen atoms in total. The van der Waals surface area contributed by atoms with Gasteiger partial charge in [0, 0.05) is 24.3 Å². The van der Waals surface area contributed by atoms with Crippen molar-refractivity contribution in [3.05, 3.63) is 22.8 Å². The van der Waals surface area contributed by atoms with Crippen molar-refractivity contribution in [1.82, 2.24) is 14.9 Å². The number of rotatable bonds is 1. The van der Waals surface area contributed by atoms with Crippen LogP contribution < -0.4 is 0 Å². The van der Waals surface area contributed by atoms with Crippen molar-refractivity contribution in [2.24, 2.45) is 0 Å². The van der Waals surface area contributed by atoms with Crippen molar-refractivity contribution >= 4 is 5.91 Å². The van der Waals surface area contributed by atoms with Crippen LogP contribution in [0.2, 0.25) is 0 Å². The molecule has 2 aliphatic rings. The largest absolute Gasteiger partial charge is 0.378 e. The highest BCUT2D eigenvalue weighted by Gasteiger charge is 2.26. The van der Waals surface area contributed by atoms with Crippen LogP contribution in [0.15, 0.2) is 0 Å². The lowest BCUT2D eigenvalue weighted by Gasteiger charge is -2.27. The molecule has 0 unspecified atom stereocenters. The molecule has 1 aliphatic heterocycles. The molecule has 0 N–H and O–H groups in total. The molecule has 3 rings (SSSR count). The fourth-order valence-corrected chi connectivity index (χ4v) is 2.65. The van der Waals surface area contributed by atoms with Gasteiger partial charge in [0.15, 0.2) is 0 Å². The number of morpholine rings is 1. The Balaban J connectivity index is 1.93. The van der Waals surface area contributed by atoms with Crippen LogP contribution in [-0.2, 0) is 17.6 Å². The highest BCUT2D eigenvalue weighted by Crippen LogP contribution is 2.23. The van der Waals surface area contributed by atoms with Gasteiger partial charge in [-0.3, -0.25) is 4.79 Å². The van der Waals surface area contributed by atoms with Crippen molar-refractivity contribution in [2.75, 3.05) is 26.3 Å². The summed E-state index contributed by atoms with van der Waals surface area (Å²) in [4.78, 5) is 23.1. The lowest BCUT2D eigenvalue weighted by molar-refractivity contribution is 0.0298. The number of hydrogen-bond donors (Lipinski definition) is 0. The number of aryl methyl sites for hydroxylation is 2. The number of nitrogens with zero attached hydrogens (tertiary/aromatic N) is 3. The van der Waals surface area contributed by atoms with Gasteiger partial charge in [-0.05, 0) is 26.2 Å². The van der Waals surface area contributed by atoms with Gasteiger partial charge in [-0.2, -0.15) is 0 Å². The van der Waals surface area contributed by atoms with Gasteiger partial charge in [0.25, 0.3) is 5.91 Å². The molecular weight excluding hydrogens is 230 g/mol. The minimum Gasteiger partial charge on any atom is -0.378 e. The molecule has 1 aliphatic carbocycles. The van der Waals surface area contributed by atoms with E-state index in [9.17, 15) is 4.79 Å². The Labute approximate surface area is 106 Å². The molecular formula is C13H17N3O2. The molecule has 5 heteroatoms. The van der Waals surface area contributed by atoms with Crippen LogP contribution in [0, 0.1) is 6.92 Å². The summed E-state index contributed by atoms with van der Waals surface area (Å²) in [5, 5.41) is 0. The standard InChI is InChI=1S/C13H17N3O2/c1-9-14-11-4-2-3-10(11)12(15-9)13(17)16-5-7-18-8-6-16/h2-8H2,1H3. The minimum atomic E-state index is 0.0435. The first-order valence-electron chi connectivity index (χ1n) is 6.49. The Morgan fingerprint density at radius 3 is 2.78 bits per heavy atom. The third-order valence-corrected chi connectivity index (χ3v) is 3.55. The average Bonchev–Trinajstić information content (AvgIpc) is 2.86. The van der Waals surface area contributed by atoms with E-state index >= 15 is 0 Å². The average molecular weight is 247 g/mol. The van der Waals surface area contributed by atoms with Crippen LogP contribution in [-0.4, -0.2) is 47.1 Å². The van der Waals surface area contributed by atoms with Crippen molar-refractivity contribution < 1.29 is 9.53 Å². The monoisotopic (exact) mass is 247 g/mol. The molecule has 1 fully saturated rings. The van der Waals surface area contributed by atoms with Gasteiger partial charge in [0.1, 0.15) is 11.5 Å². The fraction of sp³-hybridized carbons (Fsp3) is 0.615. The van der Waals surface area contributed by atoms with E-state index in [1.165, 1.54) is 0 Å². The topological polar surface area (TPSA) is 55.3 Å². The van der Waals surface area contributed by atoms with E-state index in [1.807, 2.05) is 11.8 Å². The summed E-state index contributed by atoms with van der Waals surface area (Å²) < 4.78 is 5.28. The summed E-state index contributed by atoms with van der Waals surface area (Å²) >= 11 is 0. The second kappa shape index (κ2) is 4.65. The van der Waals surface area contributed by atoms with Gasteiger partial charge < -0.3 is 9.64 Å². The molecule has 0 radical (unpaired) electrons. The Kier molecular flexibility index (Phi) is 2.99. The Morgan fingerprint density at radius 1 is 1.22 bits per heavy atom. The van der Waals surface area contributed by atoms with E-state index in [4.69, 9.17) is 4.74 Å². The molecule has 1 aromatic heterocycles. The molecule has 18 heavy (non-hydrogen) atoms. The lowest BCUT2D eigenvalue weighted by Crippen LogP contribution is -2.41. The molecule has 1 saturated heterocycles. The van der Waals surface area contributed by atoms with Gasteiger partial charge in [-0.1, -0.05) is 0 Å². The van der Waals surface area contributed by atoms with E-state index in [-0.39, 0.29) is 5.91 Å². The summed E-state index contributed by atoms with van der Waals surface area (Å²) in [7, 11) is 0. The zero-order valence-electron chi connectivity index (χ0n) is 10.6. The Bertz CT molecular complexity index is 481. The van der Waals surface area contributed by atoms with E-state index in [2.05, 4.69) is 9.97 Å². The first-order chi connectivity index (χ1) is 8.75. The van der Waals surface area contributed by atoms with Gasteiger partial charge in [0.2, 0.25) is 0 Å². The molecule has 0 atom stereocenters. The maximum absolute atomic E-state index is 12.5. The summed E-state index contributed by atoms with van der Waals surface area (Å²) in [5.41, 5.74) is 2.76. The molecule has 0 spiro atoms. The van der Waals surface area contributed by atoms with Crippen molar-refractivity contribution in [1.29, 1.82) is 0 Å². The van der Waals surface area contributed by atoms with Crippen molar-refractivity contribution in [2.45, 2.75) is 26.2 Å². The highest BCUT2D eigenvalue weighted by atomic mass is 16.5. The van der Waals surface area contributed by atoms with Crippen LogP contribution in [0.4, 0.5) is 0 Å². The fourth-order valence-electron chi connectivity index (χ4n) is 2.65. The number of hydrogen-bond acceptors (Lipinski definition) is 4. The predicted octanol–water partition coefficient (Wildman–Crippen LogP) is 0.746. The number of carbonyl (C=O) groups is 1.